The second kappa shape index (κ2) is 13.6. The maximum atomic E-state index is 12.7. The average Bonchev–Trinajstić information content (AvgIpc) is 3.01. The number of carbonyl (C=O) groups is 3. The van der Waals surface area contributed by atoms with Crippen LogP contribution in [0.2, 0.25) is 0 Å². The Kier molecular flexibility index (Phi) is 9.52. The van der Waals surface area contributed by atoms with Crippen LogP contribution in [0.5, 0.6) is 0 Å². The molecule has 42 heavy (non-hydrogen) atoms. The molecule has 0 heterocycles. The number of urea groups is 1. The van der Waals surface area contributed by atoms with Crippen LogP contribution in [-0.4, -0.2) is 30.9 Å². The Balaban J connectivity index is 1.32. The highest BCUT2D eigenvalue weighted by atomic mass is 16.5. The first-order valence-corrected chi connectivity index (χ1v) is 13.2. The minimum atomic E-state index is -0.415. The molecule has 0 saturated heterocycles. The Morgan fingerprint density at radius 1 is 0.786 bits per heavy atom. The fraction of sp³-hybridized carbons (Fsp3) is 0.125. The molecule has 0 radical (unpaired) electrons. The molecule has 0 fully saturated rings. The van der Waals surface area contributed by atoms with Crippen molar-refractivity contribution in [1.29, 1.82) is 5.41 Å². The molecule has 1 atom stereocenters. The van der Waals surface area contributed by atoms with Gasteiger partial charge in [-0.05, 0) is 78.7 Å². The number of esters is 1. The zero-order valence-electron chi connectivity index (χ0n) is 23.2. The van der Waals surface area contributed by atoms with Gasteiger partial charge in [0.05, 0.1) is 24.0 Å². The molecular formula is C32H32N6O4. The first kappa shape index (κ1) is 29.3. The summed E-state index contributed by atoms with van der Waals surface area (Å²) in [6.45, 7) is 2.31. The van der Waals surface area contributed by atoms with Crippen molar-refractivity contribution in [1.82, 2.24) is 5.32 Å². The van der Waals surface area contributed by atoms with Crippen molar-refractivity contribution in [3.05, 3.63) is 125 Å². The van der Waals surface area contributed by atoms with E-state index in [-0.39, 0.29) is 17.8 Å². The number of hydrogen-bond acceptors (Lipinski definition) is 6. The van der Waals surface area contributed by atoms with Crippen molar-refractivity contribution in [2.75, 3.05) is 23.1 Å². The van der Waals surface area contributed by atoms with E-state index in [0.29, 0.717) is 34.6 Å². The lowest BCUT2D eigenvalue weighted by Crippen LogP contribution is -2.23. The van der Waals surface area contributed by atoms with Crippen molar-refractivity contribution < 1.29 is 19.1 Å². The van der Waals surface area contributed by atoms with E-state index in [0.717, 1.165) is 16.8 Å². The molecule has 0 aromatic heterocycles. The first-order chi connectivity index (χ1) is 20.2. The molecule has 0 saturated carbocycles. The van der Waals surface area contributed by atoms with E-state index in [4.69, 9.17) is 15.9 Å². The number of amidine groups is 1. The highest BCUT2D eigenvalue weighted by Crippen LogP contribution is 2.27. The smallest absolute Gasteiger partial charge is 0.337 e. The SMILES string of the molecule is COC(=O)c1ccc(CNC(=O)c2ccc(C(C)Nc3ccccc3NC(=O)Nc3ccc(C(=N)N)cc3)cc2)cc1. The third kappa shape index (κ3) is 7.72. The Labute approximate surface area is 243 Å². The van der Waals surface area contributed by atoms with Crippen LogP contribution in [-0.2, 0) is 11.3 Å². The summed E-state index contributed by atoms with van der Waals surface area (Å²) in [5.74, 6) is -0.664. The molecule has 0 bridgehead atoms. The van der Waals surface area contributed by atoms with Crippen molar-refractivity contribution in [3.63, 3.8) is 0 Å². The lowest BCUT2D eigenvalue weighted by atomic mass is 10.0. The molecule has 0 spiro atoms. The summed E-state index contributed by atoms with van der Waals surface area (Å²) in [5, 5.41) is 19.4. The van der Waals surface area contributed by atoms with Gasteiger partial charge < -0.3 is 31.7 Å². The Hall–Kier alpha value is -5.64. The number of hydrogen-bond donors (Lipinski definition) is 6. The third-order valence-electron chi connectivity index (χ3n) is 6.50. The van der Waals surface area contributed by atoms with Crippen LogP contribution in [0.15, 0.2) is 97.1 Å². The number of benzene rings is 4. The predicted molar refractivity (Wildman–Crippen MR) is 164 cm³/mol. The summed E-state index contributed by atoms with van der Waals surface area (Å²) in [6.07, 6.45) is 0. The van der Waals surface area contributed by atoms with E-state index >= 15 is 0 Å². The topological polar surface area (TPSA) is 158 Å². The zero-order valence-corrected chi connectivity index (χ0v) is 23.2. The number of nitrogen functional groups attached to an aromatic ring is 1. The van der Waals surface area contributed by atoms with Crippen LogP contribution in [0.4, 0.5) is 21.9 Å². The summed E-state index contributed by atoms with van der Waals surface area (Å²) in [6, 6.07) is 27.6. The number of methoxy groups -OCH3 is 1. The quantitative estimate of drug-likeness (QED) is 0.0847. The normalized spacial score (nSPS) is 11.1. The second-order valence-electron chi connectivity index (χ2n) is 9.47. The summed E-state index contributed by atoms with van der Waals surface area (Å²) in [4.78, 5) is 36.9. The lowest BCUT2D eigenvalue weighted by molar-refractivity contribution is 0.0600. The summed E-state index contributed by atoms with van der Waals surface area (Å²) >= 11 is 0. The van der Waals surface area contributed by atoms with E-state index < -0.39 is 12.0 Å². The molecule has 10 heteroatoms. The molecule has 0 aliphatic heterocycles. The number of rotatable bonds is 10. The molecule has 3 amide bonds. The minimum Gasteiger partial charge on any atom is -0.465 e. The monoisotopic (exact) mass is 564 g/mol. The van der Waals surface area contributed by atoms with Crippen LogP contribution < -0.4 is 27.0 Å². The molecule has 4 aromatic carbocycles. The first-order valence-electron chi connectivity index (χ1n) is 13.2. The summed E-state index contributed by atoms with van der Waals surface area (Å²) in [5.41, 5.74) is 10.7. The molecule has 10 nitrogen and oxygen atoms in total. The predicted octanol–water partition coefficient (Wildman–Crippen LogP) is 5.50. The number of ether oxygens (including phenoxy) is 1. The number of nitrogens with two attached hydrogens (primary N) is 1. The largest absolute Gasteiger partial charge is 0.465 e. The average molecular weight is 565 g/mol. The highest BCUT2D eigenvalue weighted by molar-refractivity contribution is 6.02. The number of amides is 3. The van der Waals surface area contributed by atoms with E-state index in [2.05, 4.69) is 21.3 Å². The Bertz CT molecular complexity index is 1570. The van der Waals surface area contributed by atoms with Crippen molar-refractivity contribution >= 4 is 40.8 Å². The van der Waals surface area contributed by atoms with Crippen LogP contribution >= 0.6 is 0 Å². The van der Waals surface area contributed by atoms with Gasteiger partial charge in [-0.1, -0.05) is 36.4 Å². The molecule has 4 aromatic rings. The van der Waals surface area contributed by atoms with Gasteiger partial charge in [0.15, 0.2) is 0 Å². The fourth-order valence-electron chi connectivity index (χ4n) is 4.14. The van der Waals surface area contributed by atoms with Gasteiger partial charge in [0.1, 0.15) is 5.84 Å². The van der Waals surface area contributed by atoms with E-state index in [9.17, 15) is 14.4 Å². The van der Waals surface area contributed by atoms with Gasteiger partial charge in [-0.3, -0.25) is 10.2 Å². The van der Waals surface area contributed by atoms with Gasteiger partial charge in [-0.25, -0.2) is 9.59 Å². The van der Waals surface area contributed by atoms with Gasteiger partial charge in [-0.15, -0.1) is 0 Å². The van der Waals surface area contributed by atoms with Crippen molar-refractivity contribution in [2.45, 2.75) is 19.5 Å². The molecule has 7 N–H and O–H groups in total. The molecule has 0 aliphatic rings. The molecule has 214 valence electrons. The molecule has 1 unspecified atom stereocenters. The number of carbonyl (C=O) groups excluding carboxylic acids is 3. The van der Waals surface area contributed by atoms with Crippen LogP contribution in [0.25, 0.3) is 0 Å². The summed E-state index contributed by atoms with van der Waals surface area (Å²) < 4.78 is 4.70. The van der Waals surface area contributed by atoms with E-state index in [1.165, 1.54) is 7.11 Å². The van der Waals surface area contributed by atoms with Gasteiger partial charge in [0.25, 0.3) is 5.91 Å². The van der Waals surface area contributed by atoms with E-state index in [1.807, 2.05) is 37.3 Å². The zero-order chi connectivity index (χ0) is 30.1. The number of anilines is 3. The van der Waals surface area contributed by atoms with Crippen LogP contribution in [0.3, 0.4) is 0 Å². The highest BCUT2D eigenvalue weighted by Gasteiger charge is 2.13. The van der Waals surface area contributed by atoms with Gasteiger partial charge in [0.2, 0.25) is 0 Å². The molecular weight excluding hydrogens is 532 g/mol. The second-order valence-corrected chi connectivity index (χ2v) is 9.47. The van der Waals surface area contributed by atoms with Gasteiger partial charge in [0, 0.05) is 29.4 Å². The number of para-hydroxylation sites is 2. The minimum absolute atomic E-state index is 0.0427. The standard InChI is InChI=1S/C32H32N6O4/c1-20(22-11-13-24(14-12-22)30(39)35-19-21-7-9-25(10-8-21)31(40)42-2)36-27-5-3-4-6-28(27)38-32(41)37-26-17-15-23(16-18-26)29(33)34/h3-18,20,36H,19H2,1-2H3,(H3,33,34)(H,35,39)(H2,37,38,41). The lowest BCUT2D eigenvalue weighted by Gasteiger charge is -2.19. The number of nitrogens with one attached hydrogen (secondary N) is 5. The maximum Gasteiger partial charge on any atom is 0.337 e. The van der Waals surface area contributed by atoms with Crippen LogP contribution in [0, 0.1) is 5.41 Å². The third-order valence-corrected chi connectivity index (χ3v) is 6.50. The van der Waals surface area contributed by atoms with Crippen LogP contribution in [0.1, 0.15) is 50.4 Å². The molecule has 0 aliphatic carbocycles. The Morgan fingerprint density at radius 3 is 2.00 bits per heavy atom. The maximum absolute atomic E-state index is 12.7. The van der Waals surface area contributed by atoms with E-state index in [1.54, 1.807) is 66.7 Å². The van der Waals surface area contributed by atoms with Crippen molar-refractivity contribution in [2.24, 2.45) is 5.73 Å². The van der Waals surface area contributed by atoms with Gasteiger partial charge in [-0.2, -0.15) is 0 Å². The molecule has 4 rings (SSSR count). The summed E-state index contributed by atoms with van der Waals surface area (Å²) in [7, 11) is 1.33. The van der Waals surface area contributed by atoms with Gasteiger partial charge >= 0.3 is 12.0 Å². The Morgan fingerprint density at radius 2 is 1.38 bits per heavy atom. The van der Waals surface area contributed by atoms with Crippen molar-refractivity contribution in [3.8, 4) is 0 Å². The fourth-order valence-corrected chi connectivity index (χ4v) is 4.14.